The Balaban J connectivity index is 2.22. The Labute approximate surface area is 125 Å². The topological polar surface area (TPSA) is 76.0 Å². The molecule has 0 amide bonds. The van der Waals surface area contributed by atoms with Crippen molar-refractivity contribution in [2.45, 2.75) is 0 Å². The first-order valence-electron chi connectivity index (χ1n) is 5.61. The highest BCUT2D eigenvalue weighted by Gasteiger charge is 2.22. The summed E-state index contributed by atoms with van der Waals surface area (Å²) >= 11 is 4.70. The minimum atomic E-state index is -0.476. The molecule has 0 saturated carbocycles. The van der Waals surface area contributed by atoms with E-state index in [4.69, 9.17) is 0 Å². The van der Waals surface area contributed by atoms with E-state index in [9.17, 15) is 14.9 Å². The number of hydrogen-bond acceptors (Lipinski definition) is 4. The van der Waals surface area contributed by atoms with Gasteiger partial charge in [0, 0.05) is 23.2 Å². The third-order valence-corrected chi connectivity index (χ3v) is 4.46. The maximum absolute atomic E-state index is 12.5. The molecule has 0 bridgehead atoms. The van der Waals surface area contributed by atoms with Crippen LogP contribution in [0.15, 0.2) is 39.6 Å². The molecule has 100 valence electrons. The maximum Gasteiger partial charge on any atom is 0.279 e. The second-order valence-electron chi connectivity index (χ2n) is 4.13. The number of non-ortho nitro benzene ring substituents is 1. The van der Waals surface area contributed by atoms with E-state index in [0.717, 1.165) is 3.79 Å². The van der Waals surface area contributed by atoms with E-state index < -0.39 is 4.92 Å². The fourth-order valence-electron chi connectivity index (χ4n) is 2.08. The van der Waals surface area contributed by atoms with Crippen LogP contribution in [0.5, 0.6) is 0 Å². The van der Waals surface area contributed by atoms with E-state index in [1.165, 1.54) is 23.6 Å². The zero-order valence-electron chi connectivity index (χ0n) is 9.92. The van der Waals surface area contributed by atoms with Gasteiger partial charge in [0.1, 0.15) is 0 Å². The Morgan fingerprint density at radius 2 is 2.20 bits per heavy atom. The monoisotopic (exact) mass is 350 g/mol. The van der Waals surface area contributed by atoms with Crippen LogP contribution >= 0.6 is 27.3 Å². The van der Waals surface area contributed by atoms with Crippen molar-refractivity contribution in [3.8, 4) is 0 Å². The number of aromatic amines is 1. The third-order valence-electron chi connectivity index (χ3n) is 2.95. The first-order chi connectivity index (χ1) is 9.58. The van der Waals surface area contributed by atoms with Crippen molar-refractivity contribution in [1.82, 2.24) is 4.98 Å². The van der Waals surface area contributed by atoms with Crippen LogP contribution in [-0.4, -0.2) is 15.7 Å². The maximum atomic E-state index is 12.5. The highest BCUT2D eigenvalue weighted by atomic mass is 79.9. The number of halogens is 1. The quantitative estimate of drug-likeness (QED) is 0.438. The molecule has 0 radical (unpaired) electrons. The molecule has 0 fully saturated rings. The van der Waals surface area contributed by atoms with Crippen LogP contribution in [-0.2, 0) is 0 Å². The molecule has 0 spiro atoms. The molecule has 20 heavy (non-hydrogen) atoms. The fourth-order valence-corrected chi connectivity index (χ4v) is 3.22. The van der Waals surface area contributed by atoms with Crippen LogP contribution in [0.1, 0.15) is 15.9 Å². The first kappa shape index (κ1) is 13.0. The minimum absolute atomic E-state index is 0.0682. The van der Waals surface area contributed by atoms with Crippen molar-refractivity contribution in [3.63, 3.8) is 0 Å². The highest BCUT2D eigenvalue weighted by molar-refractivity contribution is 9.11. The SMILES string of the molecule is O=C(c1csc(Br)c1)c1c[nH]c2cccc([N+](=O)[O-])c12. The molecule has 0 saturated heterocycles. The van der Waals surface area contributed by atoms with Crippen LogP contribution < -0.4 is 0 Å². The zero-order valence-corrected chi connectivity index (χ0v) is 12.3. The average molecular weight is 351 g/mol. The fraction of sp³-hybridized carbons (Fsp3) is 0. The summed E-state index contributed by atoms with van der Waals surface area (Å²) in [5.41, 5.74) is 1.34. The van der Waals surface area contributed by atoms with Crippen molar-refractivity contribution in [2.24, 2.45) is 0 Å². The highest BCUT2D eigenvalue weighted by Crippen LogP contribution is 2.31. The van der Waals surface area contributed by atoms with Crippen LogP contribution in [0.25, 0.3) is 10.9 Å². The van der Waals surface area contributed by atoms with Crippen LogP contribution in [0.2, 0.25) is 0 Å². The number of nitro groups is 1. The normalized spacial score (nSPS) is 10.8. The summed E-state index contributed by atoms with van der Waals surface area (Å²) < 4.78 is 0.843. The molecule has 0 aliphatic heterocycles. The van der Waals surface area contributed by atoms with Gasteiger partial charge >= 0.3 is 0 Å². The van der Waals surface area contributed by atoms with Gasteiger partial charge in [-0.3, -0.25) is 14.9 Å². The van der Waals surface area contributed by atoms with Gasteiger partial charge < -0.3 is 4.98 Å². The molecule has 0 aliphatic rings. The molecule has 1 N–H and O–H groups in total. The standard InChI is InChI=1S/C13H7BrN2O3S/c14-11-4-7(6-20-11)13(17)8-5-15-9-2-1-3-10(12(8)9)16(18)19/h1-6,15H. The molecule has 0 aliphatic carbocycles. The van der Waals surface area contributed by atoms with Crippen molar-refractivity contribution >= 4 is 49.6 Å². The average Bonchev–Trinajstić information content (AvgIpc) is 3.03. The number of rotatable bonds is 3. The van der Waals surface area contributed by atoms with Crippen LogP contribution in [0.3, 0.4) is 0 Å². The Morgan fingerprint density at radius 3 is 2.85 bits per heavy atom. The molecule has 1 aromatic carbocycles. The Bertz CT molecular complexity index is 837. The van der Waals surface area contributed by atoms with Gasteiger partial charge in [0.2, 0.25) is 0 Å². The molecule has 2 heterocycles. The number of nitrogens with one attached hydrogen (secondary N) is 1. The van der Waals surface area contributed by atoms with E-state index in [2.05, 4.69) is 20.9 Å². The largest absolute Gasteiger partial charge is 0.360 e. The van der Waals surface area contributed by atoms with Crippen molar-refractivity contribution < 1.29 is 9.72 Å². The van der Waals surface area contributed by atoms with Gasteiger partial charge in [-0.25, -0.2) is 0 Å². The lowest BCUT2D eigenvalue weighted by atomic mass is 10.0. The number of ketones is 1. The van der Waals surface area contributed by atoms with Gasteiger partial charge in [0.15, 0.2) is 5.78 Å². The number of aromatic nitrogens is 1. The molecule has 3 rings (SSSR count). The van der Waals surface area contributed by atoms with Gasteiger partial charge in [-0.15, -0.1) is 11.3 Å². The lowest BCUT2D eigenvalue weighted by Gasteiger charge is -1.98. The molecule has 3 aromatic rings. The van der Waals surface area contributed by atoms with Gasteiger partial charge in [-0.1, -0.05) is 6.07 Å². The van der Waals surface area contributed by atoms with E-state index in [0.29, 0.717) is 22.0 Å². The number of thiophene rings is 1. The number of nitro benzene ring substituents is 1. The molecule has 5 nitrogen and oxygen atoms in total. The number of carbonyl (C=O) groups is 1. The summed E-state index contributed by atoms with van der Waals surface area (Å²) in [4.78, 5) is 26.0. The molecule has 7 heteroatoms. The number of benzene rings is 1. The van der Waals surface area contributed by atoms with Crippen molar-refractivity contribution in [3.05, 3.63) is 60.9 Å². The number of hydrogen-bond donors (Lipinski definition) is 1. The molecular weight excluding hydrogens is 344 g/mol. The second kappa shape index (κ2) is 4.84. The summed E-state index contributed by atoms with van der Waals surface area (Å²) in [5.74, 6) is -0.229. The number of fused-ring (bicyclic) bond motifs is 1. The smallest absolute Gasteiger partial charge is 0.279 e. The summed E-state index contributed by atoms with van der Waals surface area (Å²) in [6.07, 6.45) is 1.52. The predicted octanol–water partition coefficient (Wildman–Crippen LogP) is 4.13. The van der Waals surface area contributed by atoms with E-state index in [1.54, 1.807) is 23.6 Å². The van der Waals surface area contributed by atoms with E-state index in [-0.39, 0.29) is 11.5 Å². The lowest BCUT2D eigenvalue weighted by molar-refractivity contribution is -0.383. The first-order valence-corrected chi connectivity index (χ1v) is 7.28. The predicted molar refractivity (Wildman–Crippen MR) is 80.4 cm³/mol. The molecule has 2 aromatic heterocycles. The van der Waals surface area contributed by atoms with Gasteiger partial charge in [-0.2, -0.15) is 0 Å². The summed E-state index contributed by atoms with van der Waals surface area (Å²) in [6, 6.07) is 6.41. The number of nitrogens with zero attached hydrogens (tertiary/aromatic N) is 1. The van der Waals surface area contributed by atoms with Gasteiger partial charge in [-0.05, 0) is 28.1 Å². The summed E-state index contributed by atoms with van der Waals surface area (Å²) in [7, 11) is 0. The van der Waals surface area contributed by atoms with Gasteiger partial charge in [0.05, 0.1) is 25.2 Å². The van der Waals surface area contributed by atoms with E-state index in [1.807, 2.05) is 0 Å². The van der Waals surface area contributed by atoms with Crippen LogP contribution in [0, 0.1) is 10.1 Å². The molecular formula is C13H7BrN2O3S. The van der Waals surface area contributed by atoms with Crippen molar-refractivity contribution in [2.75, 3.05) is 0 Å². The lowest BCUT2D eigenvalue weighted by Crippen LogP contribution is -1.99. The Kier molecular flexibility index (Phi) is 3.15. The Morgan fingerprint density at radius 1 is 1.40 bits per heavy atom. The van der Waals surface area contributed by atoms with Crippen molar-refractivity contribution in [1.29, 1.82) is 0 Å². The molecule has 0 unspecified atom stereocenters. The molecule has 0 atom stereocenters. The Hall–Kier alpha value is -1.99. The summed E-state index contributed by atoms with van der Waals surface area (Å²) in [6.45, 7) is 0. The number of carbonyl (C=O) groups excluding carboxylic acids is 1. The summed E-state index contributed by atoms with van der Waals surface area (Å²) in [5, 5.41) is 13.2. The van der Waals surface area contributed by atoms with Gasteiger partial charge in [0.25, 0.3) is 5.69 Å². The number of H-pyrrole nitrogens is 1. The van der Waals surface area contributed by atoms with Crippen LogP contribution in [0.4, 0.5) is 5.69 Å². The zero-order chi connectivity index (χ0) is 14.3. The van der Waals surface area contributed by atoms with E-state index >= 15 is 0 Å². The second-order valence-corrected chi connectivity index (χ2v) is 6.42. The minimum Gasteiger partial charge on any atom is -0.360 e. The third kappa shape index (κ3) is 2.04.